The third kappa shape index (κ3) is 4.24. The number of H-pyrrole nitrogens is 1. The van der Waals surface area contributed by atoms with Crippen LogP contribution in [0.3, 0.4) is 0 Å². The number of pyridine rings is 1. The van der Waals surface area contributed by atoms with Crippen molar-refractivity contribution in [3.05, 3.63) is 66.1 Å². The van der Waals surface area contributed by atoms with Crippen molar-refractivity contribution < 1.29 is 4.79 Å². The molecule has 3 aromatic rings. The fourth-order valence-electron chi connectivity index (χ4n) is 4.07. The van der Waals surface area contributed by atoms with E-state index in [2.05, 4.69) is 45.2 Å². The molecule has 146 valence electrons. The van der Waals surface area contributed by atoms with E-state index in [1.165, 1.54) is 0 Å². The average molecular weight is 377 g/mol. The summed E-state index contributed by atoms with van der Waals surface area (Å²) >= 11 is 0. The van der Waals surface area contributed by atoms with Crippen LogP contribution in [0.4, 0.5) is 0 Å². The molecule has 2 atom stereocenters. The number of hydrogen-bond acceptors (Lipinski definition) is 4. The van der Waals surface area contributed by atoms with Gasteiger partial charge in [0, 0.05) is 67.0 Å². The SMILES string of the molecule is CN(C)C[C@@H]1CN(Cc2ccccn2)C[C@H]1NC(=O)c1ccc2[nH]ccc2c1. The number of fused-ring (bicyclic) bond motifs is 1. The van der Waals surface area contributed by atoms with Crippen molar-refractivity contribution in [3.8, 4) is 0 Å². The van der Waals surface area contributed by atoms with Gasteiger partial charge in [-0.1, -0.05) is 6.07 Å². The summed E-state index contributed by atoms with van der Waals surface area (Å²) in [7, 11) is 4.17. The van der Waals surface area contributed by atoms with E-state index in [1.54, 1.807) is 0 Å². The standard InChI is InChI=1S/C22H27N5O/c1-26(2)12-18-13-27(14-19-5-3-4-9-23-19)15-21(18)25-22(28)17-6-7-20-16(11-17)8-10-24-20/h3-11,18,21,24H,12-15H2,1-2H3,(H,25,28)/t18-,21-/m1/s1. The molecule has 1 fully saturated rings. The number of nitrogens with one attached hydrogen (secondary N) is 2. The molecule has 6 nitrogen and oxygen atoms in total. The number of likely N-dealkylation sites (tertiary alicyclic amines) is 1. The Morgan fingerprint density at radius 3 is 2.93 bits per heavy atom. The van der Waals surface area contributed by atoms with Gasteiger partial charge < -0.3 is 15.2 Å². The van der Waals surface area contributed by atoms with Crippen LogP contribution in [0.15, 0.2) is 54.9 Å². The van der Waals surface area contributed by atoms with Gasteiger partial charge in [0.05, 0.1) is 5.69 Å². The zero-order chi connectivity index (χ0) is 19.5. The smallest absolute Gasteiger partial charge is 0.251 e. The number of aromatic amines is 1. The van der Waals surface area contributed by atoms with E-state index in [9.17, 15) is 4.79 Å². The second-order valence-corrected chi connectivity index (χ2v) is 7.90. The summed E-state index contributed by atoms with van der Waals surface area (Å²) in [5, 5.41) is 4.34. The molecule has 2 N–H and O–H groups in total. The molecule has 2 aromatic heterocycles. The highest BCUT2D eigenvalue weighted by Crippen LogP contribution is 2.21. The van der Waals surface area contributed by atoms with E-state index in [-0.39, 0.29) is 11.9 Å². The lowest BCUT2D eigenvalue weighted by Gasteiger charge is -2.23. The third-order valence-electron chi connectivity index (χ3n) is 5.36. The molecule has 1 amide bonds. The maximum Gasteiger partial charge on any atom is 0.251 e. The molecule has 0 aliphatic carbocycles. The number of aromatic nitrogens is 2. The zero-order valence-electron chi connectivity index (χ0n) is 16.4. The van der Waals surface area contributed by atoms with Crippen LogP contribution in [-0.2, 0) is 6.54 Å². The fraction of sp³-hybridized carbons (Fsp3) is 0.364. The summed E-state index contributed by atoms with van der Waals surface area (Å²) in [6, 6.07) is 13.9. The summed E-state index contributed by atoms with van der Waals surface area (Å²) in [5.74, 6) is 0.384. The summed E-state index contributed by atoms with van der Waals surface area (Å²) in [5.41, 5.74) is 2.82. The van der Waals surface area contributed by atoms with E-state index < -0.39 is 0 Å². The van der Waals surface area contributed by atoms with Crippen molar-refractivity contribution in [2.75, 3.05) is 33.7 Å². The monoisotopic (exact) mass is 377 g/mol. The predicted molar refractivity (Wildman–Crippen MR) is 111 cm³/mol. The first-order valence-electron chi connectivity index (χ1n) is 9.73. The lowest BCUT2D eigenvalue weighted by molar-refractivity contribution is 0.0927. The minimum absolute atomic E-state index is 0.00320. The van der Waals surface area contributed by atoms with Gasteiger partial charge in [-0.3, -0.25) is 14.7 Å². The number of carbonyl (C=O) groups excluding carboxylic acids is 1. The van der Waals surface area contributed by atoms with E-state index in [0.29, 0.717) is 11.5 Å². The Morgan fingerprint density at radius 1 is 1.25 bits per heavy atom. The summed E-state index contributed by atoms with van der Waals surface area (Å²) in [6.07, 6.45) is 3.73. The second-order valence-electron chi connectivity index (χ2n) is 7.90. The van der Waals surface area contributed by atoms with E-state index >= 15 is 0 Å². The fourth-order valence-corrected chi connectivity index (χ4v) is 4.07. The Bertz CT molecular complexity index is 936. The number of carbonyl (C=O) groups is 1. The maximum atomic E-state index is 12.9. The molecule has 3 heterocycles. The lowest BCUT2D eigenvalue weighted by Crippen LogP contribution is -2.43. The van der Waals surface area contributed by atoms with Crippen LogP contribution >= 0.6 is 0 Å². The topological polar surface area (TPSA) is 64.3 Å². The molecule has 0 unspecified atom stereocenters. The van der Waals surface area contributed by atoms with Crippen LogP contribution in [0.5, 0.6) is 0 Å². The average Bonchev–Trinajstić information content (AvgIpc) is 3.28. The molecule has 1 saturated heterocycles. The summed E-state index contributed by atoms with van der Waals surface area (Å²) in [6.45, 7) is 3.55. The summed E-state index contributed by atoms with van der Waals surface area (Å²) in [4.78, 5) is 25.1. The first-order chi connectivity index (χ1) is 13.6. The first kappa shape index (κ1) is 18.7. The molecule has 0 spiro atoms. The minimum atomic E-state index is -0.00320. The van der Waals surface area contributed by atoms with Crippen molar-refractivity contribution in [1.29, 1.82) is 0 Å². The van der Waals surface area contributed by atoms with Crippen LogP contribution in [0.2, 0.25) is 0 Å². The van der Waals surface area contributed by atoms with Gasteiger partial charge in [-0.05, 0) is 50.5 Å². The van der Waals surface area contributed by atoms with E-state index in [4.69, 9.17) is 0 Å². The molecule has 4 rings (SSSR count). The highest BCUT2D eigenvalue weighted by atomic mass is 16.1. The number of benzene rings is 1. The molecule has 0 radical (unpaired) electrons. The lowest BCUT2D eigenvalue weighted by atomic mass is 10.0. The molecular weight excluding hydrogens is 350 g/mol. The van der Waals surface area contributed by atoms with Crippen LogP contribution < -0.4 is 5.32 Å². The number of rotatable bonds is 6. The Hall–Kier alpha value is -2.70. The van der Waals surface area contributed by atoms with Gasteiger partial charge >= 0.3 is 0 Å². The Labute approximate surface area is 165 Å². The summed E-state index contributed by atoms with van der Waals surface area (Å²) < 4.78 is 0. The van der Waals surface area contributed by atoms with Crippen LogP contribution in [0.25, 0.3) is 10.9 Å². The van der Waals surface area contributed by atoms with Crippen molar-refractivity contribution in [1.82, 2.24) is 25.1 Å². The van der Waals surface area contributed by atoms with Gasteiger partial charge in [0.15, 0.2) is 0 Å². The van der Waals surface area contributed by atoms with Crippen molar-refractivity contribution in [3.63, 3.8) is 0 Å². The van der Waals surface area contributed by atoms with Crippen LogP contribution in [0, 0.1) is 5.92 Å². The van der Waals surface area contributed by atoms with Gasteiger partial charge in [0.25, 0.3) is 5.91 Å². The Kier molecular flexibility index (Phi) is 5.41. The van der Waals surface area contributed by atoms with E-state index in [1.807, 2.05) is 48.8 Å². The zero-order valence-corrected chi connectivity index (χ0v) is 16.4. The quantitative estimate of drug-likeness (QED) is 0.692. The highest BCUT2D eigenvalue weighted by molar-refractivity contribution is 5.98. The molecular formula is C22H27N5O. The minimum Gasteiger partial charge on any atom is -0.361 e. The molecule has 0 bridgehead atoms. The van der Waals surface area contributed by atoms with Gasteiger partial charge in [0.2, 0.25) is 0 Å². The Balaban J connectivity index is 1.46. The highest BCUT2D eigenvalue weighted by Gasteiger charge is 2.34. The van der Waals surface area contributed by atoms with Crippen molar-refractivity contribution in [2.45, 2.75) is 12.6 Å². The molecule has 28 heavy (non-hydrogen) atoms. The predicted octanol–water partition coefficient (Wildman–Crippen LogP) is 2.35. The number of amides is 1. The number of hydrogen-bond donors (Lipinski definition) is 2. The van der Waals surface area contributed by atoms with Crippen LogP contribution in [0.1, 0.15) is 16.1 Å². The van der Waals surface area contributed by atoms with E-state index in [0.717, 1.165) is 42.8 Å². The molecule has 1 aliphatic rings. The second kappa shape index (κ2) is 8.12. The maximum absolute atomic E-state index is 12.9. The molecule has 0 saturated carbocycles. The third-order valence-corrected chi connectivity index (χ3v) is 5.36. The van der Waals surface area contributed by atoms with Crippen LogP contribution in [-0.4, -0.2) is 65.4 Å². The van der Waals surface area contributed by atoms with Crippen molar-refractivity contribution in [2.24, 2.45) is 5.92 Å². The normalized spacial score (nSPS) is 20.1. The van der Waals surface area contributed by atoms with Gasteiger partial charge in [-0.2, -0.15) is 0 Å². The molecule has 1 aromatic carbocycles. The van der Waals surface area contributed by atoms with Crippen molar-refractivity contribution >= 4 is 16.8 Å². The number of nitrogens with zero attached hydrogens (tertiary/aromatic N) is 3. The van der Waals surface area contributed by atoms with Gasteiger partial charge in [-0.15, -0.1) is 0 Å². The van der Waals surface area contributed by atoms with Gasteiger partial charge in [0.1, 0.15) is 0 Å². The first-order valence-corrected chi connectivity index (χ1v) is 9.73. The Morgan fingerprint density at radius 2 is 2.14 bits per heavy atom. The molecule has 1 aliphatic heterocycles. The molecule has 6 heteroatoms. The van der Waals surface area contributed by atoms with Gasteiger partial charge in [-0.25, -0.2) is 0 Å². The largest absolute Gasteiger partial charge is 0.361 e.